The number of Topliss-reactive ketones (excluding diaryl/α,β-unsaturated/α-hetero) is 1. The molecular weight excluding hydrogens is 408 g/mol. The Bertz CT molecular complexity index is 982. The topological polar surface area (TPSA) is 83.8 Å². The molecule has 0 unspecified atom stereocenters. The van der Waals surface area contributed by atoms with Crippen molar-refractivity contribution in [3.8, 4) is 5.13 Å². The molecular formula is C15H11BrN6O2S. The van der Waals surface area contributed by atoms with Crippen molar-refractivity contribution in [2.45, 2.75) is 0 Å². The zero-order valence-corrected chi connectivity index (χ0v) is 15.2. The van der Waals surface area contributed by atoms with Gasteiger partial charge in [-0.1, -0.05) is 0 Å². The van der Waals surface area contributed by atoms with Crippen LogP contribution in [0.1, 0.15) is 5.82 Å². The molecule has 8 nitrogen and oxygen atoms in total. The van der Waals surface area contributed by atoms with E-state index in [1.807, 2.05) is 9.80 Å². The molecule has 0 atom stereocenters. The minimum absolute atomic E-state index is 0.146. The Morgan fingerprint density at radius 2 is 1.88 bits per heavy atom. The molecule has 2 aromatic rings. The molecule has 126 valence electrons. The molecule has 25 heavy (non-hydrogen) atoms. The van der Waals surface area contributed by atoms with Gasteiger partial charge in [0.25, 0.3) is 0 Å². The first-order valence-corrected chi connectivity index (χ1v) is 9.29. The van der Waals surface area contributed by atoms with E-state index in [1.54, 1.807) is 16.9 Å². The number of halogens is 1. The van der Waals surface area contributed by atoms with Crippen molar-refractivity contribution >= 4 is 44.6 Å². The van der Waals surface area contributed by atoms with Gasteiger partial charge in [-0.3, -0.25) is 9.59 Å². The maximum absolute atomic E-state index is 13.0. The second-order valence-corrected chi connectivity index (χ2v) is 7.45. The van der Waals surface area contributed by atoms with Gasteiger partial charge >= 0.3 is 0 Å². The predicted octanol–water partition coefficient (Wildman–Crippen LogP) is 0.864. The smallest absolute Gasteiger partial charge is 0.230 e. The molecule has 1 aliphatic carbocycles. The number of rotatable bonds is 4. The number of nitrogens with zero attached hydrogens (tertiary/aromatic N) is 6. The average molecular weight is 419 g/mol. The second-order valence-electron chi connectivity index (χ2n) is 5.90. The predicted molar refractivity (Wildman–Crippen MR) is 92.9 cm³/mol. The Kier molecular flexibility index (Phi) is 3.19. The molecule has 5 rings (SSSR count). The van der Waals surface area contributed by atoms with Crippen LogP contribution in [0.15, 0.2) is 34.3 Å². The monoisotopic (exact) mass is 418 g/mol. The van der Waals surface area contributed by atoms with Crippen LogP contribution in [0.2, 0.25) is 0 Å². The quantitative estimate of drug-likeness (QED) is 0.537. The Morgan fingerprint density at radius 3 is 2.52 bits per heavy atom. The number of carbonyl (C=O) groups excluding carboxylic acids is 2. The molecule has 2 fully saturated rings. The largest absolute Gasteiger partial charge is 0.365 e. The number of aromatic nitrogens is 4. The lowest BCUT2D eigenvalue weighted by molar-refractivity contribution is -0.115. The number of hydrogen-bond donors (Lipinski definition) is 0. The molecule has 0 bridgehead atoms. The van der Waals surface area contributed by atoms with Crippen molar-refractivity contribution in [2.24, 2.45) is 0 Å². The summed E-state index contributed by atoms with van der Waals surface area (Å²) in [6.45, 7) is 3.14. The van der Waals surface area contributed by atoms with E-state index in [1.165, 1.54) is 6.08 Å². The van der Waals surface area contributed by atoms with Gasteiger partial charge in [0, 0.05) is 50.0 Å². The third-order valence-corrected chi connectivity index (χ3v) is 5.27. The normalized spacial score (nSPS) is 19.6. The number of hydrogen-bond acceptors (Lipinski definition) is 8. The first-order chi connectivity index (χ1) is 12.1. The summed E-state index contributed by atoms with van der Waals surface area (Å²) in [6.07, 6.45) is 3.20. The highest BCUT2D eigenvalue weighted by Crippen LogP contribution is 2.34. The van der Waals surface area contributed by atoms with Crippen molar-refractivity contribution < 1.29 is 9.59 Å². The zero-order chi connectivity index (χ0) is 17.1. The van der Waals surface area contributed by atoms with Gasteiger partial charge in [-0.25, -0.2) is 4.68 Å². The van der Waals surface area contributed by atoms with Crippen molar-refractivity contribution in [2.75, 3.05) is 26.2 Å². The van der Waals surface area contributed by atoms with Crippen LogP contribution in [0.25, 0.3) is 10.7 Å². The SMILES string of the molecule is O=C1C=C(N2CC2)C(=O)C(c2nsc(-n3ccc(Br)n3)n2)=C1N1CC1. The van der Waals surface area contributed by atoms with Crippen LogP contribution in [0.5, 0.6) is 0 Å². The van der Waals surface area contributed by atoms with Gasteiger partial charge in [0.15, 0.2) is 5.82 Å². The molecule has 2 aromatic heterocycles. The van der Waals surface area contributed by atoms with Gasteiger partial charge in [-0.15, -0.1) is 0 Å². The van der Waals surface area contributed by atoms with E-state index in [2.05, 4.69) is 30.4 Å². The van der Waals surface area contributed by atoms with Crippen LogP contribution in [-0.4, -0.2) is 66.7 Å². The van der Waals surface area contributed by atoms with Crippen LogP contribution < -0.4 is 0 Å². The number of allylic oxidation sites excluding steroid dienone is 2. The summed E-state index contributed by atoms with van der Waals surface area (Å²) in [5, 5.41) is 4.78. The maximum atomic E-state index is 13.0. The van der Waals surface area contributed by atoms with E-state index < -0.39 is 0 Å². The van der Waals surface area contributed by atoms with Crippen molar-refractivity contribution in [1.82, 2.24) is 28.9 Å². The number of carbonyl (C=O) groups is 2. The molecule has 0 radical (unpaired) electrons. The fourth-order valence-corrected chi connectivity index (χ4v) is 3.66. The van der Waals surface area contributed by atoms with Gasteiger partial charge in [0.2, 0.25) is 16.7 Å². The highest BCUT2D eigenvalue weighted by Gasteiger charge is 2.41. The van der Waals surface area contributed by atoms with Gasteiger partial charge < -0.3 is 9.80 Å². The van der Waals surface area contributed by atoms with E-state index >= 15 is 0 Å². The maximum Gasteiger partial charge on any atom is 0.230 e. The molecule has 2 saturated heterocycles. The lowest BCUT2D eigenvalue weighted by Crippen LogP contribution is -2.26. The summed E-state index contributed by atoms with van der Waals surface area (Å²) in [5.74, 6) is -0.0310. The molecule has 0 amide bonds. The lowest BCUT2D eigenvalue weighted by atomic mass is 9.96. The van der Waals surface area contributed by atoms with Gasteiger partial charge in [-0.2, -0.15) is 14.5 Å². The Balaban J connectivity index is 1.60. The third-order valence-electron chi connectivity index (χ3n) is 4.14. The summed E-state index contributed by atoms with van der Waals surface area (Å²) in [6, 6.07) is 1.79. The average Bonchev–Trinajstić information content (AvgIpc) is 3.51. The molecule has 4 heterocycles. The van der Waals surface area contributed by atoms with Crippen molar-refractivity contribution in [3.63, 3.8) is 0 Å². The Labute approximate surface area is 154 Å². The van der Waals surface area contributed by atoms with Crippen molar-refractivity contribution in [3.05, 3.63) is 40.2 Å². The second kappa shape index (κ2) is 5.33. The third kappa shape index (κ3) is 2.52. The van der Waals surface area contributed by atoms with Gasteiger partial charge in [0.05, 0.1) is 11.3 Å². The first-order valence-electron chi connectivity index (χ1n) is 7.72. The zero-order valence-electron chi connectivity index (χ0n) is 12.8. The van der Waals surface area contributed by atoms with Crippen LogP contribution >= 0.6 is 27.5 Å². The Hall–Kier alpha value is -2.33. The lowest BCUT2D eigenvalue weighted by Gasteiger charge is -2.18. The highest BCUT2D eigenvalue weighted by atomic mass is 79.9. The molecule has 2 aliphatic heterocycles. The van der Waals surface area contributed by atoms with Crippen molar-refractivity contribution in [1.29, 1.82) is 0 Å². The van der Waals surface area contributed by atoms with Crippen LogP contribution in [0, 0.1) is 0 Å². The van der Waals surface area contributed by atoms with Crippen LogP contribution in [-0.2, 0) is 9.59 Å². The summed E-state index contributed by atoms with van der Waals surface area (Å²) in [4.78, 5) is 33.8. The highest BCUT2D eigenvalue weighted by molar-refractivity contribution is 9.10. The fourth-order valence-electron chi connectivity index (χ4n) is 2.76. The van der Waals surface area contributed by atoms with E-state index in [0.717, 1.165) is 37.7 Å². The molecule has 0 spiro atoms. The summed E-state index contributed by atoms with van der Waals surface area (Å²) in [7, 11) is 0. The number of ketones is 2. The van der Waals surface area contributed by atoms with Crippen LogP contribution in [0.3, 0.4) is 0 Å². The van der Waals surface area contributed by atoms with E-state index in [9.17, 15) is 9.59 Å². The standard InChI is InChI=1S/C15H11BrN6O2S/c16-10-1-2-22(18-10)15-17-14(19-25-15)11-12(21-5-6-21)9(23)7-8(13(11)24)20-3-4-20/h1-2,7H,3-6H2. The van der Waals surface area contributed by atoms with E-state index in [-0.39, 0.29) is 11.6 Å². The van der Waals surface area contributed by atoms with Gasteiger partial charge in [0.1, 0.15) is 10.3 Å². The molecule has 0 N–H and O–H groups in total. The van der Waals surface area contributed by atoms with Gasteiger partial charge in [-0.05, 0) is 22.0 Å². The minimum atomic E-state index is -0.176. The first kappa shape index (κ1) is 15.0. The molecule has 0 aromatic carbocycles. The summed E-state index contributed by atoms with van der Waals surface area (Å²) < 4.78 is 6.60. The molecule has 0 saturated carbocycles. The molecule has 10 heteroatoms. The van der Waals surface area contributed by atoms with Crippen LogP contribution in [0.4, 0.5) is 0 Å². The Morgan fingerprint density at radius 1 is 1.12 bits per heavy atom. The summed E-state index contributed by atoms with van der Waals surface area (Å²) >= 11 is 4.44. The fraction of sp³-hybridized carbons (Fsp3) is 0.267. The van der Waals surface area contributed by atoms with E-state index in [0.29, 0.717) is 32.5 Å². The molecule has 3 aliphatic rings. The van der Waals surface area contributed by atoms with E-state index in [4.69, 9.17) is 0 Å². The summed E-state index contributed by atoms with van der Waals surface area (Å²) in [5.41, 5.74) is 1.17. The minimum Gasteiger partial charge on any atom is -0.365 e.